The van der Waals surface area contributed by atoms with Crippen molar-refractivity contribution in [2.24, 2.45) is 0 Å². The van der Waals surface area contributed by atoms with Gasteiger partial charge in [-0.05, 0) is 22.6 Å². The number of aromatic nitrogens is 3. The van der Waals surface area contributed by atoms with Gasteiger partial charge in [0, 0.05) is 6.07 Å². The fraction of sp³-hybridized carbons (Fsp3) is 0. The molecule has 0 atom stereocenters. The lowest BCUT2D eigenvalue weighted by Crippen LogP contribution is -1.74. The fourth-order valence-corrected chi connectivity index (χ4v) is 1.90. The van der Waals surface area contributed by atoms with E-state index in [1.165, 1.54) is 17.6 Å². The van der Waals surface area contributed by atoms with E-state index < -0.39 is 0 Å². The molecule has 0 unspecified atom stereocenters. The molecule has 2 heterocycles. The molecule has 2 aromatic heterocycles. The number of hydrogen-bond acceptors (Lipinski definition) is 5. The molecule has 2 rings (SSSR count). The minimum atomic E-state index is 0.741. The molecule has 0 radical (unpaired) electrons. The van der Waals surface area contributed by atoms with Crippen LogP contribution in [0.3, 0.4) is 0 Å². The van der Waals surface area contributed by atoms with E-state index in [0.717, 1.165) is 13.7 Å². The molecule has 6 heteroatoms. The van der Waals surface area contributed by atoms with Crippen molar-refractivity contribution >= 4 is 33.9 Å². The van der Waals surface area contributed by atoms with Crippen LogP contribution in [-0.4, -0.2) is 15.4 Å². The van der Waals surface area contributed by atoms with Gasteiger partial charge in [0.15, 0.2) is 8.02 Å². The fourth-order valence-electron chi connectivity index (χ4n) is 0.632. The van der Waals surface area contributed by atoms with Gasteiger partial charge in [-0.15, -0.1) is 10.2 Å². The first-order valence-electron chi connectivity index (χ1n) is 2.76. The first kappa shape index (κ1) is 7.17. The van der Waals surface area contributed by atoms with Crippen molar-refractivity contribution in [2.45, 2.75) is 0 Å². The second-order valence-electron chi connectivity index (χ2n) is 1.74. The Bertz CT molecular complexity index is 344. The topological polar surface area (TPSA) is 51.8 Å². The molecule has 0 aromatic carbocycles. The summed E-state index contributed by atoms with van der Waals surface area (Å²) >= 11 is 3.60. The highest BCUT2D eigenvalue weighted by Gasteiger charge is 2.06. The summed E-state index contributed by atoms with van der Waals surface area (Å²) in [5, 5.41) is 12.3. The Hall–Kier alpha value is -0.500. The van der Waals surface area contributed by atoms with Crippen LogP contribution in [0.5, 0.6) is 0 Å². The first-order chi connectivity index (χ1) is 5.36. The van der Waals surface area contributed by atoms with Crippen LogP contribution < -0.4 is 0 Å². The van der Waals surface area contributed by atoms with Gasteiger partial charge in [-0.2, -0.15) is 0 Å². The zero-order chi connectivity index (χ0) is 7.68. The van der Waals surface area contributed by atoms with Gasteiger partial charge >= 0.3 is 0 Å². The van der Waals surface area contributed by atoms with Gasteiger partial charge in [-0.1, -0.05) is 16.5 Å². The van der Waals surface area contributed by atoms with E-state index in [1.807, 2.05) is 0 Å². The van der Waals surface area contributed by atoms with Crippen LogP contribution in [0.4, 0.5) is 0 Å². The minimum absolute atomic E-state index is 0.741. The van der Waals surface area contributed by atoms with Gasteiger partial charge in [0.1, 0.15) is 12.0 Å². The highest BCUT2D eigenvalue weighted by Crippen LogP contribution is 2.21. The maximum Gasteiger partial charge on any atom is 0.178 e. The van der Waals surface area contributed by atoms with Crippen LogP contribution in [0.2, 0.25) is 0 Å². The molecule has 0 spiro atoms. The van der Waals surface area contributed by atoms with E-state index in [-0.39, 0.29) is 0 Å². The summed E-state index contributed by atoms with van der Waals surface area (Å²) in [7, 11) is 0. The molecule has 0 fully saturated rings. The number of hydrogen-bond donors (Lipinski definition) is 0. The third-order valence-corrected chi connectivity index (χ3v) is 2.67. The maximum absolute atomic E-state index is 4.66. The Kier molecular flexibility index (Phi) is 1.86. The Labute approximate surface area is 79.8 Å². The summed E-state index contributed by atoms with van der Waals surface area (Å²) in [5.41, 5.74) is 0.741. The molecular weight excluding hydrogens is 277 g/mol. The number of halogens is 1. The van der Waals surface area contributed by atoms with Gasteiger partial charge < -0.3 is 4.52 Å². The normalized spacial score (nSPS) is 10.3. The van der Waals surface area contributed by atoms with Crippen molar-refractivity contribution in [2.75, 3.05) is 0 Å². The van der Waals surface area contributed by atoms with Crippen LogP contribution in [0.25, 0.3) is 10.7 Å². The number of rotatable bonds is 1. The van der Waals surface area contributed by atoms with Crippen molar-refractivity contribution in [3.8, 4) is 10.7 Å². The number of nitrogens with zero attached hydrogens (tertiary/aromatic N) is 3. The van der Waals surface area contributed by atoms with Crippen LogP contribution in [0.15, 0.2) is 16.9 Å². The lowest BCUT2D eigenvalue weighted by Gasteiger charge is -1.78. The monoisotopic (exact) mass is 279 g/mol. The minimum Gasteiger partial charge on any atom is -0.364 e. The molecule has 0 saturated carbocycles. The van der Waals surface area contributed by atoms with Crippen molar-refractivity contribution < 1.29 is 4.52 Å². The molecule has 0 saturated heterocycles. The summed E-state index contributed by atoms with van der Waals surface area (Å²) in [5.74, 6) is 0. The molecule has 0 aliphatic heterocycles. The predicted octanol–water partition coefficient (Wildman–Crippen LogP) is 1.80. The van der Waals surface area contributed by atoms with E-state index in [9.17, 15) is 0 Å². The van der Waals surface area contributed by atoms with Crippen LogP contribution in [0, 0.1) is 3.01 Å². The Morgan fingerprint density at radius 2 is 2.36 bits per heavy atom. The zero-order valence-electron chi connectivity index (χ0n) is 5.19. The van der Waals surface area contributed by atoms with Crippen molar-refractivity contribution in [1.82, 2.24) is 15.4 Å². The van der Waals surface area contributed by atoms with Gasteiger partial charge in [0.05, 0.1) is 0 Å². The summed E-state index contributed by atoms with van der Waals surface area (Å²) in [6.45, 7) is 0. The molecule has 4 nitrogen and oxygen atoms in total. The van der Waals surface area contributed by atoms with Crippen LogP contribution in [-0.2, 0) is 0 Å². The second kappa shape index (κ2) is 2.86. The van der Waals surface area contributed by atoms with E-state index in [4.69, 9.17) is 0 Å². The van der Waals surface area contributed by atoms with Gasteiger partial charge in [-0.25, -0.2) is 0 Å². The SMILES string of the molecule is Ic1nnc(-c2ccon2)s1. The average Bonchev–Trinajstić information content (AvgIpc) is 2.55. The van der Waals surface area contributed by atoms with Crippen molar-refractivity contribution in [1.29, 1.82) is 0 Å². The lowest BCUT2D eigenvalue weighted by molar-refractivity contribution is 0.422. The average molecular weight is 279 g/mol. The molecule has 0 N–H and O–H groups in total. The molecular formula is C5H2IN3OS. The van der Waals surface area contributed by atoms with Gasteiger partial charge in [0.2, 0.25) is 0 Å². The third-order valence-electron chi connectivity index (χ3n) is 1.06. The molecule has 0 bridgehead atoms. The molecule has 0 amide bonds. The van der Waals surface area contributed by atoms with E-state index in [1.54, 1.807) is 6.07 Å². The maximum atomic E-state index is 4.66. The second-order valence-corrected chi connectivity index (χ2v) is 4.48. The summed E-state index contributed by atoms with van der Waals surface area (Å²) in [6, 6.07) is 1.76. The third kappa shape index (κ3) is 1.41. The highest BCUT2D eigenvalue weighted by molar-refractivity contribution is 14.1. The van der Waals surface area contributed by atoms with Crippen LogP contribution >= 0.6 is 33.9 Å². The highest BCUT2D eigenvalue weighted by atomic mass is 127. The standard InChI is InChI=1S/C5H2IN3OS/c6-5-8-7-4(11-5)3-1-2-10-9-3/h1-2H. The smallest absolute Gasteiger partial charge is 0.178 e. The molecule has 11 heavy (non-hydrogen) atoms. The van der Waals surface area contributed by atoms with E-state index in [0.29, 0.717) is 0 Å². The van der Waals surface area contributed by atoms with E-state index >= 15 is 0 Å². The lowest BCUT2D eigenvalue weighted by atomic mass is 10.5. The quantitative estimate of drug-likeness (QED) is 0.747. The Morgan fingerprint density at radius 3 is 2.91 bits per heavy atom. The summed E-state index contributed by atoms with van der Waals surface area (Å²) < 4.78 is 5.57. The van der Waals surface area contributed by atoms with Crippen molar-refractivity contribution in [3.05, 3.63) is 15.3 Å². The predicted molar refractivity (Wildman–Crippen MR) is 48.1 cm³/mol. The Morgan fingerprint density at radius 1 is 1.45 bits per heavy atom. The van der Waals surface area contributed by atoms with Crippen LogP contribution in [0.1, 0.15) is 0 Å². The van der Waals surface area contributed by atoms with Gasteiger partial charge in [-0.3, -0.25) is 0 Å². The van der Waals surface area contributed by atoms with Crippen molar-refractivity contribution in [3.63, 3.8) is 0 Å². The Balaban J connectivity index is 2.45. The molecule has 56 valence electrons. The summed E-state index contributed by atoms with van der Waals surface area (Å²) in [6.07, 6.45) is 1.52. The molecule has 2 aromatic rings. The molecule has 0 aliphatic carbocycles. The van der Waals surface area contributed by atoms with Gasteiger partial charge in [0.25, 0.3) is 0 Å². The van der Waals surface area contributed by atoms with E-state index in [2.05, 4.69) is 42.5 Å². The zero-order valence-corrected chi connectivity index (χ0v) is 8.16. The molecule has 0 aliphatic rings. The largest absolute Gasteiger partial charge is 0.364 e. The first-order valence-corrected chi connectivity index (χ1v) is 4.65. The summed E-state index contributed by atoms with van der Waals surface area (Å²) in [4.78, 5) is 0.